The maximum Gasteiger partial charge on any atom is 0.339 e. The van der Waals surface area contributed by atoms with Gasteiger partial charge in [0.15, 0.2) is 0 Å². The van der Waals surface area contributed by atoms with E-state index >= 15 is 0 Å². The second kappa shape index (κ2) is 7.94. The van der Waals surface area contributed by atoms with Crippen LogP contribution in [0.3, 0.4) is 0 Å². The molecule has 0 aliphatic carbocycles. The molecule has 1 heterocycles. The highest BCUT2D eigenvalue weighted by molar-refractivity contribution is 6.76. The minimum atomic E-state index is -1.12. The average Bonchev–Trinajstić information content (AvgIpc) is 3.02. The van der Waals surface area contributed by atoms with Crippen LogP contribution in [0.5, 0.6) is 11.5 Å². The Bertz CT molecular complexity index is 947. The van der Waals surface area contributed by atoms with Crippen LogP contribution in [0.25, 0.3) is 10.9 Å². The Hall–Kier alpha value is -2.64. The van der Waals surface area contributed by atoms with E-state index in [4.69, 9.17) is 9.47 Å². The molecule has 1 aromatic heterocycles. The molecule has 0 amide bonds. The maximum absolute atomic E-state index is 11.4. The molecule has 0 spiro atoms. The van der Waals surface area contributed by atoms with E-state index in [1.807, 2.05) is 12.1 Å². The summed E-state index contributed by atoms with van der Waals surface area (Å²) in [5, 5.41) is 14.5. The van der Waals surface area contributed by atoms with E-state index < -0.39 is 14.0 Å². The summed E-state index contributed by atoms with van der Waals surface area (Å²) in [6, 6.07) is 13.3. The molecule has 7 heteroatoms. The highest BCUT2D eigenvalue weighted by atomic mass is 28.3. The number of carboxylic acids is 1. The van der Waals surface area contributed by atoms with Gasteiger partial charge in [0.1, 0.15) is 23.8 Å². The first kappa shape index (κ1) is 19.1. The van der Waals surface area contributed by atoms with Crippen molar-refractivity contribution in [1.29, 1.82) is 0 Å². The second-order valence-corrected chi connectivity index (χ2v) is 13.2. The van der Waals surface area contributed by atoms with Gasteiger partial charge in [-0.2, -0.15) is 5.10 Å². The van der Waals surface area contributed by atoms with Gasteiger partial charge in [0.05, 0.1) is 17.1 Å². The number of fused-ring (bicyclic) bond motifs is 1. The molecule has 0 saturated carbocycles. The zero-order valence-corrected chi connectivity index (χ0v) is 16.8. The standard InChI is InChI=1S/C20H24N2O4Si/c1-27(2,3)12-11-25-14-22-17-8-6-10-19(16(17)13-21-22)26-18-9-5-4-7-15(18)20(23)24/h4-10,13H,11-12,14H2,1-3H3,(H,23,24). The molecule has 0 unspecified atom stereocenters. The number of aromatic nitrogens is 2. The van der Waals surface area contributed by atoms with Crippen molar-refractivity contribution < 1.29 is 19.4 Å². The Balaban J connectivity index is 1.79. The number of aromatic carboxylic acids is 1. The summed E-state index contributed by atoms with van der Waals surface area (Å²) in [6.45, 7) is 8.05. The molecule has 0 fully saturated rings. The highest BCUT2D eigenvalue weighted by Crippen LogP contribution is 2.31. The Morgan fingerprint density at radius 3 is 2.59 bits per heavy atom. The van der Waals surface area contributed by atoms with Crippen LogP contribution in [0, 0.1) is 0 Å². The fourth-order valence-corrected chi connectivity index (χ4v) is 3.41. The summed E-state index contributed by atoms with van der Waals surface area (Å²) in [5.41, 5.74) is 1.00. The van der Waals surface area contributed by atoms with Crippen LogP contribution < -0.4 is 4.74 Å². The van der Waals surface area contributed by atoms with Gasteiger partial charge in [-0.25, -0.2) is 9.48 Å². The van der Waals surface area contributed by atoms with Crippen molar-refractivity contribution in [3.63, 3.8) is 0 Å². The smallest absolute Gasteiger partial charge is 0.339 e. The van der Waals surface area contributed by atoms with Crippen LogP contribution in [-0.2, 0) is 11.5 Å². The number of carbonyl (C=O) groups is 1. The molecule has 0 atom stereocenters. The number of para-hydroxylation sites is 1. The van der Waals surface area contributed by atoms with Gasteiger partial charge in [-0.1, -0.05) is 37.8 Å². The van der Waals surface area contributed by atoms with Crippen LogP contribution in [-0.4, -0.2) is 35.5 Å². The van der Waals surface area contributed by atoms with Gasteiger partial charge in [0.25, 0.3) is 0 Å². The van der Waals surface area contributed by atoms with Gasteiger partial charge in [0, 0.05) is 14.7 Å². The highest BCUT2D eigenvalue weighted by Gasteiger charge is 2.15. The number of carboxylic acid groups (broad SMARTS) is 1. The van der Waals surface area contributed by atoms with Crippen molar-refractivity contribution in [3.05, 3.63) is 54.2 Å². The lowest BCUT2D eigenvalue weighted by Gasteiger charge is -2.15. The zero-order chi connectivity index (χ0) is 19.4. The monoisotopic (exact) mass is 384 g/mol. The number of nitrogens with zero attached hydrogens (tertiary/aromatic N) is 2. The Kier molecular flexibility index (Phi) is 5.62. The molecule has 0 bridgehead atoms. The molecule has 2 aromatic carbocycles. The topological polar surface area (TPSA) is 73.6 Å². The third kappa shape index (κ3) is 4.75. The molecule has 0 aliphatic heterocycles. The second-order valence-electron chi connectivity index (χ2n) is 7.58. The quantitative estimate of drug-likeness (QED) is 0.444. The fraction of sp³-hybridized carbons (Fsp3) is 0.300. The Morgan fingerprint density at radius 1 is 1.11 bits per heavy atom. The molecular formula is C20H24N2O4Si. The predicted molar refractivity (Wildman–Crippen MR) is 107 cm³/mol. The molecule has 1 N–H and O–H groups in total. The molecule has 0 radical (unpaired) electrons. The van der Waals surface area contributed by atoms with Gasteiger partial charge in [-0.3, -0.25) is 0 Å². The third-order valence-corrected chi connectivity index (χ3v) is 5.90. The van der Waals surface area contributed by atoms with Crippen LogP contribution in [0.4, 0.5) is 0 Å². The van der Waals surface area contributed by atoms with E-state index in [-0.39, 0.29) is 5.56 Å². The molecule has 6 nitrogen and oxygen atoms in total. The molecule has 142 valence electrons. The molecule has 3 rings (SSSR count). The van der Waals surface area contributed by atoms with E-state index in [0.29, 0.717) is 18.2 Å². The summed E-state index contributed by atoms with van der Waals surface area (Å²) in [4.78, 5) is 11.4. The first-order chi connectivity index (χ1) is 12.8. The summed E-state index contributed by atoms with van der Waals surface area (Å²) in [6.07, 6.45) is 1.72. The van der Waals surface area contributed by atoms with Gasteiger partial charge < -0.3 is 14.6 Å². The third-order valence-electron chi connectivity index (χ3n) is 4.19. The van der Waals surface area contributed by atoms with Gasteiger partial charge in [-0.05, 0) is 30.3 Å². The van der Waals surface area contributed by atoms with Crippen LogP contribution in [0.2, 0.25) is 25.7 Å². The Labute approximate surface area is 159 Å². The van der Waals surface area contributed by atoms with Crippen molar-refractivity contribution in [2.75, 3.05) is 6.61 Å². The van der Waals surface area contributed by atoms with Gasteiger partial charge in [-0.15, -0.1) is 0 Å². The molecule has 3 aromatic rings. The lowest BCUT2D eigenvalue weighted by molar-refractivity contribution is 0.0694. The number of rotatable bonds is 8. The van der Waals surface area contributed by atoms with Crippen LogP contribution in [0.1, 0.15) is 10.4 Å². The summed E-state index contributed by atoms with van der Waals surface area (Å²) < 4.78 is 13.5. The van der Waals surface area contributed by atoms with E-state index in [2.05, 4.69) is 24.7 Å². The number of benzene rings is 2. The van der Waals surface area contributed by atoms with Crippen molar-refractivity contribution in [1.82, 2.24) is 9.78 Å². The largest absolute Gasteiger partial charge is 0.478 e. The average molecular weight is 385 g/mol. The van der Waals surface area contributed by atoms with Crippen molar-refractivity contribution in [2.45, 2.75) is 32.4 Å². The summed E-state index contributed by atoms with van der Waals surface area (Å²) >= 11 is 0. The Morgan fingerprint density at radius 2 is 1.85 bits per heavy atom. The van der Waals surface area contributed by atoms with E-state index in [1.54, 1.807) is 35.1 Å². The summed E-state index contributed by atoms with van der Waals surface area (Å²) in [5.74, 6) is -0.157. The van der Waals surface area contributed by atoms with Crippen molar-refractivity contribution in [2.24, 2.45) is 0 Å². The van der Waals surface area contributed by atoms with E-state index in [1.165, 1.54) is 6.07 Å². The van der Waals surface area contributed by atoms with Crippen molar-refractivity contribution in [3.8, 4) is 11.5 Å². The number of ether oxygens (including phenoxy) is 2. The van der Waals surface area contributed by atoms with Crippen LogP contribution >= 0.6 is 0 Å². The first-order valence-corrected chi connectivity index (χ1v) is 12.6. The van der Waals surface area contributed by atoms with Crippen LogP contribution in [0.15, 0.2) is 48.7 Å². The van der Waals surface area contributed by atoms with Gasteiger partial charge >= 0.3 is 5.97 Å². The lowest BCUT2D eigenvalue weighted by Crippen LogP contribution is -2.22. The zero-order valence-electron chi connectivity index (χ0n) is 15.8. The number of hydrogen-bond donors (Lipinski definition) is 1. The lowest BCUT2D eigenvalue weighted by atomic mass is 10.2. The summed E-state index contributed by atoms with van der Waals surface area (Å²) in [7, 11) is -1.12. The first-order valence-electron chi connectivity index (χ1n) is 8.87. The van der Waals surface area contributed by atoms with E-state index in [9.17, 15) is 9.90 Å². The SMILES string of the molecule is C[Si](C)(C)CCOCn1ncc2c(Oc3ccccc3C(=O)O)cccc21. The normalized spacial score (nSPS) is 11.7. The van der Waals surface area contributed by atoms with E-state index in [0.717, 1.165) is 23.6 Å². The minimum Gasteiger partial charge on any atom is -0.478 e. The number of hydrogen-bond acceptors (Lipinski definition) is 4. The van der Waals surface area contributed by atoms with Gasteiger partial charge in [0.2, 0.25) is 0 Å². The molecular weight excluding hydrogens is 360 g/mol. The molecule has 27 heavy (non-hydrogen) atoms. The van der Waals surface area contributed by atoms with Crippen molar-refractivity contribution >= 4 is 24.9 Å². The predicted octanol–water partition coefficient (Wildman–Crippen LogP) is 4.84. The maximum atomic E-state index is 11.4. The molecule has 0 saturated heterocycles. The fourth-order valence-electron chi connectivity index (χ4n) is 2.65. The molecule has 0 aliphatic rings. The minimum absolute atomic E-state index is 0.122.